The average Bonchev–Trinajstić information content (AvgIpc) is 2.37. The van der Waals surface area contributed by atoms with Gasteiger partial charge in [0.15, 0.2) is 0 Å². The molecule has 6 heteroatoms. The van der Waals surface area contributed by atoms with Gasteiger partial charge in [-0.05, 0) is 25.1 Å². The van der Waals surface area contributed by atoms with Crippen LogP contribution in [0.25, 0.3) is 0 Å². The molecule has 0 saturated heterocycles. The standard InChI is InChI=1S/C12H16FN3O2/c1-3-16(2)11(17)7-15-12(18)8-4-5-9(13)10(14)6-8/h4-6H,3,7,14H2,1-2H3,(H,15,18). The Morgan fingerprint density at radius 1 is 1.44 bits per heavy atom. The molecular weight excluding hydrogens is 237 g/mol. The van der Waals surface area contributed by atoms with Crippen molar-refractivity contribution in [3.05, 3.63) is 29.6 Å². The molecule has 0 atom stereocenters. The minimum Gasteiger partial charge on any atom is -0.396 e. The van der Waals surface area contributed by atoms with Gasteiger partial charge >= 0.3 is 0 Å². The maximum atomic E-state index is 12.9. The molecule has 0 bridgehead atoms. The second kappa shape index (κ2) is 6.00. The monoisotopic (exact) mass is 253 g/mol. The number of nitrogens with zero attached hydrogens (tertiary/aromatic N) is 1. The van der Waals surface area contributed by atoms with E-state index in [0.717, 1.165) is 6.07 Å². The van der Waals surface area contributed by atoms with Crippen molar-refractivity contribution in [3.63, 3.8) is 0 Å². The summed E-state index contributed by atoms with van der Waals surface area (Å²) in [5.41, 5.74) is 5.48. The van der Waals surface area contributed by atoms with Crippen LogP contribution < -0.4 is 11.1 Å². The van der Waals surface area contributed by atoms with Gasteiger partial charge in [-0.1, -0.05) is 0 Å². The van der Waals surface area contributed by atoms with Gasteiger partial charge in [0.1, 0.15) is 5.82 Å². The predicted molar refractivity (Wildman–Crippen MR) is 66.5 cm³/mol. The molecule has 0 unspecified atom stereocenters. The number of carbonyl (C=O) groups excluding carboxylic acids is 2. The minimum absolute atomic E-state index is 0.0968. The molecule has 0 saturated carbocycles. The van der Waals surface area contributed by atoms with Crippen LogP contribution in [-0.2, 0) is 4.79 Å². The summed E-state index contributed by atoms with van der Waals surface area (Å²) in [7, 11) is 1.64. The fraction of sp³-hybridized carbons (Fsp3) is 0.333. The van der Waals surface area contributed by atoms with E-state index in [1.54, 1.807) is 7.05 Å². The van der Waals surface area contributed by atoms with Crippen molar-refractivity contribution in [3.8, 4) is 0 Å². The smallest absolute Gasteiger partial charge is 0.251 e. The topological polar surface area (TPSA) is 75.4 Å². The van der Waals surface area contributed by atoms with Crippen molar-refractivity contribution in [2.75, 3.05) is 25.9 Å². The summed E-state index contributed by atoms with van der Waals surface area (Å²) >= 11 is 0. The van der Waals surface area contributed by atoms with E-state index >= 15 is 0 Å². The lowest BCUT2D eigenvalue weighted by Gasteiger charge is -2.14. The number of carbonyl (C=O) groups is 2. The largest absolute Gasteiger partial charge is 0.396 e. The third-order valence-electron chi connectivity index (χ3n) is 2.56. The number of hydrogen-bond acceptors (Lipinski definition) is 3. The molecule has 1 rings (SSSR count). The number of rotatable bonds is 4. The maximum absolute atomic E-state index is 12.9. The maximum Gasteiger partial charge on any atom is 0.251 e. The highest BCUT2D eigenvalue weighted by Gasteiger charge is 2.11. The number of nitrogens with two attached hydrogens (primary N) is 1. The first-order valence-corrected chi connectivity index (χ1v) is 5.53. The third-order valence-corrected chi connectivity index (χ3v) is 2.56. The molecule has 0 aliphatic heterocycles. The van der Waals surface area contributed by atoms with Gasteiger partial charge in [-0.15, -0.1) is 0 Å². The van der Waals surface area contributed by atoms with Gasteiger partial charge in [-0.3, -0.25) is 9.59 Å². The number of halogens is 1. The first-order chi connectivity index (χ1) is 8.45. The first-order valence-electron chi connectivity index (χ1n) is 5.53. The predicted octanol–water partition coefficient (Wildman–Crippen LogP) is 0.616. The summed E-state index contributed by atoms with van der Waals surface area (Å²) in [6.07, 6.45) is 0. The molecule has 98 valence electrons. The molecule has 0 spiro atoms. The zero-order valence-electron chi connectivity index (χ0n) is 10.4. The molecular formula is C12H16FN3O2. The fourth-order valence-electron chi connectivity index (χ4n) is 1.25. The van der Waals surface area contributed by atoms with Gasteiger partial charge in [0.2, 0.25) is 5.91 Å². The molecule has 5 nitrogen and oxygen atoms in total. The summed E-state index contributed by atoms with van der Waals surface area (Å²) in [4.78, 5) is 24.6. The molecule has 18 heavy (non-hydrogen) atoms. The van der Waals surface area contributed by atoms with Crippen LogP contribution in [0.4, 0.5) is 10.1 Å². The van der Waals surface area contributed by atoms with Crippen LogP contribution in [0.2, 0.25) is 0 Å². The van der Waals surface area contributed by atoms with Crippen molar-refractivity contribution in [1.29, 1.82) is 0 Å². The Balaban J connectivity index is 2.60. The Hall–Kier alpha value is -2.11. The van der Waals surface area contributed by atoms with Crippen LogP contribution in [0.15, 0.2) is 18.2 Å². The highest BCUT2D eigenvalue weighted by molar-refractivity contribution is 5.97. The Bertz CT molecular complexity index is 463. The summed E-state index contributed by atoms with van der Waals surface area (Å²) < 4.78 is 12.9. The lowest BCUT2D eigenvalue weighted by Crippen LogP contribution is -2.38. The summed E-state index contributed by atoms with van der Waals surface area (Å²) in [5.74, 6) is -1.23. The molecule has 1 aromatic rings. The van der Waals surface area contributed by atoms with Crippen molar-refractivity contribution in [2.24, 2.45) is 0 Å². The summed E-state index contributed by atoms with van der Waals surface area (Å²) in [5, 5.41) is 2.45. The Kier molecular flexibility index (Phi) is 4.65. The molecule has 0 fully saturated rings. The number of amides is 2. The second-order valence-electron chi connectivity index (χ2n) is 3.83. The van der Waals surface area contributed by atoms with Crippen LogP contribution in [-0.4, -0.2) is 36.9 Å². The van der Waals surface area contributed by atoms with E-state index < -0.39 is 11.7 Å². The lowest BCUT2D eigenvalue weighted by molar-refractivity contribution is -0.128. The van der Waals surface area contributed by atoms with Gasteiger partial charge in [0.25, 0.3) is 5.91 Å². The average molecular weight is 253 g/mol. The van der Waals surface area contributed by atoms with Crippen molar-refractivity contribution in [1.82, 2.24) is 10.2 Å². The van der Waals surface area contributed by atoms with E-state index in [1.165, 1.54) is 17.0 Å². The van der Waals surface area contributed by atoms with Crippen LogP contribution in [0.3, 0.4) is 0 Å². The number of benzene rings is 1. The molecule has 2 amide bonds. The highest BCUT2D eigenvalue weighted by atomic mass is 19.1. The third kappa shape index (κ3) is 3.44. The SMILES string of the molecule is CCN(C)C(=O)CNC(=O)c1ccc(F)c(N)c1. The van der Waals surface area contributed by atoms with Crippen molar-refractivity contribution in [2.45, 2.75) is 6.92 Å². The minimum atomic E-state index is -0.576. The van der Waals surface area contributed by atoms with Crippen LogP contribution in [0.1, 0.15) is 17.3 Å². The Labute approximate surface area is 105 Å². The number of nitrogen functional groups attached to an aromatic ring is 1. The molecule has 3 N–H and O–H groups in total. The molecule has 0 aliphatic carbocycles. The van der Waals surface area contributed by atoms with E-state index in [1.807, 2.05) is 6.92 Å². The van der Waals surface area contributed by atoms with E-state index in [0.29, 0.717) is 6.54 Å². The van der Waals surface area contributed by atoms with E-state index in [-0.39, 0.29) is 23.7 Å². The van der Waals surface area contributed by atoms with Crippen LogP contribution >= 0.6 is 0 Å². The molecule has 0 aromatic heterocycles. The van der Waals surface area contributed by atoms with Gasteiger partial charge in [0.05, 0.1) is 12.2 Å². The molecule has 1 aromatic carbocycles. The summed E-state index contributed by atoms with van der Waals surface area (Å²) in [6, 6.07) is 3.66. The lowest BCUT2D eigenvalue weighted by atomic mass is 10.2. The molecule has 0 heterocycles. The van der Waals surface area contributed by atoms with E-state index in [4.69, 9.17) is 5.73 Å². The zero-order chi connectivity index (χ0) is 13.7. The van der Waals surface area contributed by atoms with Gasteiger partial charge in [-0.2, -0.15) is 0 Å². The first kappa shape index (κ1) is 14.0. The van der Waals surface area contributed by atoms with Crippen LogP contribution in [0.5, 0.6) is 0 Å². The molecule has 0 aliphatic rings. The van der Waals surface area contributed by atoms with Crippen LogP contribution in [0, 0.1) is 5.82 Å². The van der Waals surface area contributed by atoms with Gasteiger partial charge in [-0.25, -0.2) is 4.39 Å². The normalized spacial score (nSPS) is 9.94. The second-order valence-corrected chi connectivity index (χ2v) is 3.83. The number of anilines is 1. The Morgan fingerprint density at radius 2 is 2.11 bits per heavy atom. The number of hydrogen-bond donors (Lipinski definition) is 2. The molecule has 0 radical (unpaired) electrons. The van der Waals surface area contributed by atoms with Crippen molar-refractivity contribution >= 4 is 17.5 Å². The quantitative estimate of drug-likeness (QED) is 0.772. The fourth-order valence-corrected chi connectivity index (χ4v) is 1.25. The zero-order valence-corrected chi connectivity index (χ0v) is 10.4. The highest BCUT2D eigenvalue weighted by Crippen LogP contribution is 2.11. The van der Waals surface area contributed by atoms with Gasteiger partial charge in [0, 0.05) is 19.2 Å². The van der Waals surface area contributed by atoms with E-state index in [9.17, 15) is 14.0 Å². The number of likely N-dealkylation sites (N-methyl/N-ethyl adjacent to an activating group) is 1. The Morgan fingerprint density at radius 3 is 2.67 bits per heavy atom. The van der Waals surface area contributed by atoms with Gasteiger partial charge < -0.3 is 16.0 Å². The van der Waals surface area contributed by atoms with Crippen molar-refractivity contribution < 1.29 is 14.0 Å². The van der Waals surface area contributed by atoms with E-state index in [2.05, 4.69) is 5.32 Å². The summed E-state index contributed by atoms with van der Waals surface area (Å²) in [6.45, 7) is 2.30. The number of nitrogens with one attached hydrogen (secondary N) is 1.